The monoisotopic (exact) mass is 276 g/mol. The summed E-state index contributed by atoms with van der Waals surface area (Å²) in [5.74, 6) is -0.0684. The van der Waals surface area contributed by atoms with Gasteiger partial charge in [-0.2, -0.15) is 0 Å². The van der Waals surface area contributed by atoms with Crippen molar-refractivity contribution in [3.05, 3.63) is 57.9 Å². The third kappa shape index (κ3) is 2.82. The number of carbonyl (C=O) groups excluding carboxylic acids is 1. The van der Waals surface area contributed by atoms with Crippen molar-refractivity contribution in [3.8, 4) is 0 Å². The van der Waals surface area contributed by atoms with E-state index in [0.717, 1.165) is 17.0 Å². The lowest BCUT2D eigenvalue weighted by Gasteiger charge is -2.07. The highest BCUT2D eigenvalue weighted by Crippen LogP contribution is 2.16. The smallest absolute Gasteiger partial charge is 0.253 e. The molecule has 2 rings (SSSR count). The van der Waals surface area contributed by atoms with Crippen LogP contribution in [-0.2, 0) is 13.6 Å². The van der Waals surface area contributed by atoms with E-state index in [-0.39, 0.29) is 5.91 Å². The van der Waals surface area contributed by atoms with Crippen molar-refractivity contribution in [1.82, 2.24) is 9.88 Å². The van der Waals surface area contributed by atoms with Gasteiger partial charge in [0.25, 0.3) is 5.91 Å². The molecule has 0 saturated carbocycles. The molecule has 0 saturated heterocycles. The SMILES string of the molecule is Cc1cc(C(=O)NCc2ccccc2Cl)c(C)n1C. The minimum Gasteiger partial charge on any atom is -0.351 e. The van der Waals surface area contributed by atoms with E-state index in [4.69, 9.17) is 11.6 Å². The number of amides is 1. The summed E-state index contributed by atoms with van der Waals surface area (Å²) >= 11 is 6.06. The first kappa shape index (κ1) is 13.7. The first-order valence-corrected chi connectivity index (χ1v) is 6.53. The van der Waals surface area contributed by atoms with E-state index >= 15 is 0 Å². The van der Waals surface area contributed by atoms with Gasteiger partial charge in [0.05, 0.1) is 5.56 Å². The Morgan fingerprint density at radius 1 is 1.32 bits per heavy atom. The summed E-state index contributed by atoms with van der Waals surface area (Å²) in [6.45, 7) is 4.36. The van der Waals surface area contributed by atoms with Crippen LogP contribution in [0, 0.1) is 13.8 Å². The number of aryl methyl sites for hydroxylation is 1. The van der Waals surface area contributed by atoms with Gasteiger partial charge >= 0.3 is 0 Å². The maximum Gasteiger partial charge on any atom is 0.253 e. The van der Waals surface area contributed by atoms with Crippen LogP contribution in [0.15, 0.2) is 30.3 Å². The molecule has 3 nitrogen and oxygen atoms in total. The summed E-state index contributed by atoms with van der Waals surface area (Å²) in [5.41, 5.74) is 3.67. The highest BCUT2D eigenvalue weighted by Gasteiger charge is 2.13. The van der Waals surface area contributed by atoms with E-state index in [2.05, 4.69) is 5.32 Å². The molecule has 0 atom stereocenters. The largest absolute Gasteiger partial charge is 0.351 e. The van der Waals surface area contributed by atoms with Crippen LogP contribution in [0.3, 0.4) is 0 Å². The second-order valence-corrected chi connectivity index (χ2v) is 5.03. The van der Waals surface area contributed by atoms with Crippen LogP contribution in [0.25, 0.3) is 0 Å². The van der Waals surface area contributed by atoms with Gasteiger partial charge in [-0.3, -0.25) is 4.79 Å². The van der Waals surface area contributed by atoms with Crippen LogP contribution >= 0.6 is 11.6 Å². The normalized spacial score (nSPS) is 10.5. The third-order valence-corrected chi connectivity index (χ3v) is 3.79. The van der Waals surface area contributed by atoms with Crippen LogP contribution < -0.4 is 5.32 Å². The van der Waals surface area contributed by atoms with Crippen molar-refractivity contribution in [2.75, 3.05) is 0 Å². The molecule has 1 aromatic heterocycles. The average Bonchev–Trinajstić information content (AvgIpc) is 2.65. The number of rotatable bonds is 3. The standard InChI is InChI=1S/C15H17ClN2O/c1-10-8-13(11(2)18(10)3)15(19)17-9-12-6-4-5-7-14(12)16/h4-8H,9H2,1-3H3,(H,17,19). The molecular weight excluding hydrogens is 260 g/mol. The second-order valence-electron chi connectivity index (χ2n) is 4.62. The van der Waals surface area contributed by atoms with Gasteiger partial charge in [-0.05, 0) is 31.5 Å². The molecule has 0 fully saturated rings. The predicted octanol–water partition coefficient (Wildman–Crippen LogP) is 3.23. The number of nitrogens with one attached hydrogen (secondary N) is 1. The number of halogens is 1. The fraction of sp³-hybridized carbons (Fsp3) is 0.267. The Labute approximate surface area is 118 Å². The molecule has 100 valence electrons. The molecular formula is C15H17ClN2O. The van der Waals surface area contributed by atoms with Crippen LogP contribution in [-0.4, -0.2) is 10.5 Å². The number of aromatic nitrogens is 1. The summed E-state index contributed by atoms with van der Waals surface area (Å²) < 4.78 is 2.00. The van der Waals surface area contributed by atoms with Gasteiger partial charge in [0.15, 0.2) is 0 Å². The Morgan fingerprint density at radius 3 is 2.58 bits per heavy atom. The van der Waals surface area contributed by atoms with Gasteiger partial charge in [-0.15, -0.1) is 0 Å². The molecule has 1 N–H and O–H groups in total. The van der Waals surface area contributed by atoms with E-state index in [0.29, 0.717) is 17.1 Å². The highest BCUT2D eigenvalue weighted by atomic mass is 35.5. The zero-order valence-electron chi connectivity index (χ0n) is 11.3. The molecule has 1 aromatic carbocycles. The number of hydrogen-bond acceptors (Lipinski definition) is 1. The molecule has 1 amide bonds. The topological polar surface area (TPSA) is 34.0 Å². The van der Waals surface area contributed by atoms with E-state index in [1.807, 2.05) is 55.8 Å². The van der Waals surface area contributed by atoms with Crippen LogP contribution in [0.5, 0.6) is 0 Å². The number of benzene rings is 1. The van der Waals surface area contributed by atoms with Gasteiger partial charge in [0, 0.05) is 30.0 Å². The van der Waals surface area contributed by atoms with Crippen LogP contribution in [0.2, 0.25) is 5.02 Å². The van der Waals surface area contributed by atoms with Crippen molar-refractivity contribution >= 4 is 17.5 Å². The minimum absolute atomic E-state index is 0.0684. The highest BCUT2D eigenvalue weighted by molar-refractivity contribution is 6.31. The molecule has 0 aliphatic rings. The van der Waals surface area contributed by atoms with Gasteiger partial charge in [-0.25, -0.2) is 0 Å². The molecule has 2 aromatic rings. The summed E-state index contributed by atoms with van der Waals surface area (Å²) in [7, 11) is 1.95. The summed E-state index contributed by atoms with van der Waals surface area (Å²) in [6.07, 6.45) is 0. The maximum atomic E-state index is 12.1. The number of hydrogen-bond donors (Lipinski definition) is 1. The Bertz CT molecular complexity index is 617. The molecule has 0 spiro atoms. The van der Waals surface area contributed by atoms with Gasteiger partial charge in [-0.1, -0.05) is 29.8 Å². The Hall–Kier alpha value is -1.74. The maximum absolute atomic E-state index is 12.1. The Morgan fingerprint density at radius 2 is 2.00 bits per heavy atom. The summed E-state index contributed by atoms with van der Waals surface area (Å²) in [4.78, 5) is 12.1. The summed E-state index contributed by atoms with van der Waals surface area (Å²) in [6, 6.07) is 9.41. The Kier molecular flexibility index (Phi) is 3.96. The molecule has 0 bridgehead atoms. The van der Waals surface area contributed by atoms with Gasteiger partial charge < -0.3 is 9.88 Å². The van der Waals surface area contributed by atoms with Crippen molar-refractivity contribution in [2.24, 2.45) is 7.05 Å². The molecule has 4 heteroatoms. The van der Waals surface area contributed by atoms with Gasteiger partial charge in [0.1, 0.15) is 0 Å². The van der Waals surface area contributed by atoms with E-state index in [1.54, 1.807) is 0 Å². The number of nitrogens with zero attached hydrogens (tertiary/aromatic N) is 1. The fourth-order valence-corrected chi connectivity index (χ4v) is 2.20. The van der Waals surface area contributed by atoms with Crippen molar-refractivity contribution in [3.63, 3.8) is 0 Å². The molecule has 0 aliphatic heterocycles. The number of carbonyl (C=O) groups is 1. The lowest BCUT2D eigenvalue weighted by Crippen LogP contribution is -2.23. The predicted molar refractivity (Wildman–Crippen MR) is 77.5 cm³/mol. The minimum atomic E-state index is -0.0684. The first-order chi connectivity index (χ1) is 9.00. The average molecular weight is 277 g/mol. The van der Waals surface area contributed by atoms with Crippen molar-refractivity contribution in [2.45, 2.75) is 20.4 Å². The first-order valence-electron chi connectivity index (χ1n) is 6.15. The summed E-state index contributed by atoms with van der Waals surface area (Å²) in [5, 5.41) is 3.57. The van der Waals surface area contributed by atoms with E-state index < -0.39 is 0 Å². The molecule has 0 unspecified atom stereocenters. The van der Waals surface area contributed by atoms with Gasteiger partial charge in [0.2, 0.25) is 0 Å². The lowest BCUT2D eigenvalue weighted by atomic mass is 10.2. The van der Waals surface area contributed by atoms with Crippen LogP contribution in [0.1, 0.15) is 27.3 Å². The molecule has 0 radical (unpaired) electrons. The molecule has 0 aliphatic carbocycles. The molecule has 19 heavy (non-hydrogen) atoms. The van der Waals surface area contributed by atoms with Crippen molar-refractivity contribution < 1.29 is 4.79 Å². The third-order valence-electron chi connectivity index (χ3n) is 3.42. The van der Waals surface area contributed by atoms with E-state index in [1.165, 1.54) is 0 Å². The Balaban J connectivity index is 2.10. The second kappa shape index (κ2) is 5.49. The zero-order chi connectivity index (χ0) is 14.0. The fourth-order valence-electron chi connectivity index (χ4n) is 2.00. The van der Waals surface area contributed by atoms with Crippen molar-refractivity contribution in [1.29, 1.82) is 0 Å². The molecule has 1 heterocycles. The van der Waals surface area contributed by atoms with Crippen LogP contribution in [0.4, 0.5) is 0 Å². The van der Waals surface area contributed by atoms with E-state index in [9.17, 15) is 4.79 Å². The quantitative estimate of drug-likeness (QED) is 0.918. The lowest BCUT2D eigenvalue weighted by molar-refractivity contribution is 0.0950. The zero-order valence-corrected chi connectivity index (χ0v) is 12.1.